The maximum Gasteiger partial charge on any atom is 0.295 e. The number of hydrogen-bond acceptors (Lipinski definition) is 4. The van der Waals surface area contributed by atoms with Crippen molar-refractivity contribution in [2.24, 2.45) is 0 Å². The Labute approximate surface area is 172 Å². The number of rotatable bonds is 4. The van der Waals surface area contributed by atoms with E-state index in [0.29, 0.717) is 22.8 Å². The Kier molecular flexibility index (Phi) is 5.39. The van der Waals surface area contributed by atoms with Crippen molar-refractivity contribution in [3.63, 3.8) is 0 Å². The summed E-state index contributed by atoms with van der Waals surface area (Å²) in [6, 6.07) is 11.1. The summed E-state index contributed by atoms with van der Waals surface area (Å²) in [5.41, 5.74) is 0.887. The Morgan fingerprint density at radius 1 is 1.14 bits per heavy atom. The van der Waals surface area contributed by atoms with Crippen LogP contribution >= 0.6 is 11.6 Å². The van der Waals surface area contributed by atoms with E-state index in [-0.39, 0.29) is 24.0 Å². The lowest BCUT2D eigenvalue weighted by atomic mass is 9.95. The van der Waals surface area contributed by atoms with Crippen LogP contribution in [0.25, 0.3) is 5.76 Å². The maximum atomic E-state index is 13.5. The first-order valence-electron chi connectivity index (χ1n) is 9.37. The van der Waals surface area contributed by atoms with E-state index in [1.54, 1.807) is 24.3 Å². The number of likely N-dealkylation sites (tertiary alicyclic amines) is 1. The second kappa shape index (κ2) is 7.97. The zero-order chi connectivity index (χ0) is 20.5. The summed E-state index contributed by atoms with van der Waals surface area (Å²) in [5, 5.41) is 11.4. The SMILES string of the molecule is O=C1C(=O)N(C[C@H]2CCCO2)[C@@H](c2ccc(F)cc2)C1=C(O)c1ccc(Cl)cc1. The monoisotopic (exact) mass is 415 g/mol. The van der Waals surface area contributed by atoms with Crippen LogP contribution in [0.5, 0.6) is 0 Å². The molecule has 29 heavy (non-hydrogen) atoms. The van der Waals surface area contributed by atoms with E-state index in [2.05, 4.69) is 0 Å². The van der Waals surface area contributed by atoms with Gasteiger partial charge in [-0.25, -0.2) is 4.39 Å². The van der Waals surface area contributed by atoms with Gasteiger partial charge in [0.15, 0.2) is 0 Å². The van der Waals surface area contributed by atoms with Gasteiger partial charge in [-0.3, -0.25) is 9.59 Å². The van der Waals surface area contributed by atoms with Gasteiger partial charge in [-0.05, 0) is 54.8 Å². The molecule has 0 aromatic heterocycles. The predicted octanol–water partition coefficient (Wildman–Crippen LogP) is 4.08. The van der Waals surface area contributed by atoms with E-state index < -0.39 is 23.5 Å². The minimum absolute atomic E-state index is 0.0260. The van der Waals surface area contributed by atoms with Crippen LogP contribution in [0.3, 0.4) is 0 Å². The number of benzene rings is 2. The largest absolute Gasteiger partial charge is 0.507 e. The molecule has 0 bridgehead atoms. The summed E-state index contributed by atoms with van der Waals surface area (Å²) in [7, 11) is 0. The summed E-state index contributed by atoms with van der Waals surface area (Å²) in [6.45, 7) is 0.838. The van der Waals surface area contributed by atoms with Crippen molar-refractivity contribution < 1.29 is 23.8 Å². The van der Waals surface area contributed by atoms with Gasteiger partial charge >= 0.3 is 0 Å². The molecule has 1 amide bonds. The van der Waals surface area contributed by atoms with Crippen LogP contribution in [0.15, 0.2) is 54.1 Å². The molecule has 2 saturated heterocycles. The minimum Gasteiger partial charge on any atom is -0.507 e. The highest BCUT2D eigenvalue weighted by atomic mass is 35.5. The van der Waals surface area contributed by atoms with Crippen molar-refractivity contribution in [3.8, 4) is 0 Å². The summed E-state index contributed by atoms with van der Waals surface area (Å²) < 4.78 is 19.1. The fourth-order valence-corrected chi connectivity index (χ4v) is 3.96. The van der Waals surface area contributed by atoms with E-state index in [9.17, 15) is 19.1 Å². The normalized spacial score (nSPS) is 23.7. The number of aliphatic hydroxyl groups is 1. The zero-order valence-corrected chi connectivity index (χ0v) is 16.2. The molecule has 0 unspecified atom stereocenters. The number of ketones is 1. The highest BCUT2D eigenvalue weighted by Gasteiger charge is 2.47. The van der Waals surface area contributed by atoms with Crippen molar-refractivity contribution in [3.05, 3.63) is 76.1 Å². The molecule has 7 heteroatoms. The highest BCUT2D eigenvalue weighted by Crippen LogP contribution is 2.40. The predicted molar refractivity (Wildman–Crippen MR) is 106 cm³/mol. The molecule has 2 atom stereocenters. The number of Topliss-reactive ketones (excluding diaryl/α,β-unsaturated/α-hetero) is 1. The third-order valence-corrected chi connectivity index (χ3v) is 5.52. The molecular weight excluding hydrogens is 397 g/mol. The molecule has 2 fully saturated rings. The Morgan fingerprint density at radius 3 is 2.45 bits per heavy atom. The molecule has 0 spiro atoms. The molecule has 0 radical (unpaired) electrons. The van der Waals surface area contributed by atoms with Crippen molar-refractivity contribution in [1.82, 2.24) is 4.90 Å². The van der Waals surface area contributed by atoms with Gasteiger partial charge in [0.25, 0.3) is 11.7 Å². The van der Waals surface area contributed by atoms with Gasteiger partial charge in [-0.15, -0.1) is 0 Å². The van der Waals surface area contributed by atoms with Gasteiger partial charge < -0.3 is 14.7 Å². The summed E-state index contributed by atoms with van der Waals surface area (Å²) >= 11 is 5.91. The number of aliphatic hydroxyl groups excluding tert-OH is 1. The van der Waals surface area contributed by atoms with Gasteiger partial charge in [-0.1, -0.05) is 23.7 Å². The number of amides is 1. The number of nitrogens with zero attached hydrogens (tertiary/aromatic N) is 1. The molecule has 0 aliphatic carbocycles. The Bertz CT molecular complexity index is 965. The topological polar surface area (TPSA) is 66.8 Å². The van der Waals surface area contributed by atoms with E-state index in [1.807, 2.05) is 0 Å². The molecule has 5 nitrogen and oxygen atoms in total. The highest BCUT2D eigenvalue weighted by molar-refractivity contribution is 6.46. The average Bonchev–Trinajstić information content (AvgIpc) is 3.31. The first-order chi connectivity index (χ1) is 14.0. The third kappa shape index (κ3) is 3.78. The first kappa shape index (κ1) is 19.6. The van der Waals surface area contributed by atoms with Crippen LogP contribution in [-0.4, -0.2) is 41.0 Å². The number of hydrogen-bond donors (Lipinski definition) is 1. The molecule has 0 saturated carbocycles. The van der Waals surface area contributed by atoms with Gasteiger partial charge in [-0.2, -0.15) is 0 Å². The molecule has 4 rings (SSSR count). The van der Waals surface area contributed by atoms with Gasteiger partial charge in [0.1, 0.15) is 11.6 Å². The number of halogens is 2. The lowest BCUT2D eigenvalue weighted by molar-refractivity contribution is -0.140. The number of carbonyl (C=O) groups excluding carboxylic acids is 2. The van der Waals surface area contributed by atoms with Crippen LogP contribution in [-0.2, 0) is 14.3 Å². The van der Waals surface area contributed by atoms with Crippen LogP contribution in [0, 0.1) is 5.82 Å². The molecule has 1 N–H and O–H groups in total. The van der Waals surface area contributed by atoms with Crippen LogP contribution in [0.1, 0.15) is 30.0 Å². The number of ether oxygens (including phenoxy) is 1. The van der Waals surface area contributed by atoms with Crippen molar-refractivity contribution >= 4 is 29.1 Å². The molecule has 150 valence electrons. The second-order valence-electron chi connectivity index (χ2n) is 7.14. The van der Waals surface area contributed by atoms with Crippen molar-refractivity contribution in [2.45, 2.75) is 25.0 Å². The Morgan fingerprint density at radius 2 is 1.83 bits per heavy atom. The Hall–Kier alpha value is -2.70. The standard InChI is InChI=1S/C22H19ClFNO4/c23-15-7-3-14(4-8-15)20(26)18-19(13-5-9-16(24)10-6-13)25(22(28)21(18)27)12-17-2-1-11-29-17/h3-10,17,19,26H,1-2,11-12H2/t17-,19+/m1/s1. The summed E-state index contributed by atoms with van der Waals surface area (Å²) in [4.78, 5) is 27.1. The van der Waals surface area contributed by atoms with Crippen LogP contribution in [0.2, 0.25) is 5.02 Å². The summed E-state index contributed by atoms with van der Waals surface area (Å²) in [6.07, 6.45) is 1.50. The molecule has 2 heterocycles. The lowest BCUT2D eigenvalue weighted by Crippen LogP contribution is -2.36. The van der Waals surface area contributed by atoms with Gasteiger partial charge in [0, 0.05) is 23.7 Å². The van der Waals surface area contributed by atoms with Crippen molar-refractivity contribution in [2.75, 3.05) is 13.2 Å². The molecule has 2 aromatic carbocycles. The molecule has 2 aliphatic heterocycles. The van der Waals surface area contributed by atoms with E-state index in [0.717, 1.165) is 12.8 Å². The van der Waals surface area contributed by atoms with Gasteiger partial charge in [0.05, 0.1) is 17.7 Å². The van der Waals surface area contributed by atoms with E-state index in [1.165, 1.54) is 29.2 Å². The zero-order valence-electron chi connectivity index (χ0n) is 15.5. The Balaban J connectivity index is 1.81. The smallest absolute Gasteiger partial charge is 0.295 e. The lowest BCUT2D eigenvalue weighted by Gasteiger charge is -2.27. The molecular formula is C22H19ClFNO4. The van der Waals surface area contributed by atoms with E-state index in [4.69, 9.17) is 16.3 Å². The summed E-state index contributed by atoms with van der Waals surface area (Å²) in [5.74, 6) is -2.19. The fourth-order valence-electron chi connectivity index (χ4n) is 3.83. The van der Waals surface area contributed by atoms with Crippen LogP contribution in [0.4, 0.5) is 4.39 Å². The minimum atomic E-state index is -0.824. The second-order valence-corrected chi connectivity index (χ2v) is 7.58. The first-order valence-corrected chi connectivity index (χ1v) is 9.75. The molecule has 2 aliphatic rings. The van der Waals surface area contributed by atoms with E-state index >= 15 is 0 Å². The molecule has 2 aromatic rings. The van der Waals surface area contributed by atoms with Crippen molar-refractivity contribution in [1.29, 1.82) is 0 Å². The fraction of sp³-hybridized carbons (Fsp3) is 0.273. The average molecular weight is 416 g/mol. The van der Waals surface area contributed by atoms with Gasteiger partial charge in [0.2, 0.25) is 0 Å². The third-order valence-electron chi connectivity index (χ3n) is 5.27. The number of carbonyl (C=O) groups is 2. The van der Waals surface area contributed by atoms with Crippen LogP contribution < -0.4 is 0 Å². The maximum absolute atomic E-state index is 13.5. The quantitative estimate of drug-likeness (QED) is 0.464.